The lowest BCUT2D eigenvalue weighted by atomic mass is 10.2. The summed E-state index contributed by atoms with van der Waals surface area (Å²) in [7, 11) is 0. The van der Waals surface area contributed by atoms with Gasteiger partial charge in [-0.2, -0.15) is 0 Å². The molecule has 1 aromatic rings. The van der Waals surface area contributed by atoms with Crippen LogP contribution in [0.3, 0.4) is 0 Å². The van der Waals surface area contributed by atoms with E-state index in [2.05, 4.69) is 28.2 Å². The molecule has 4 heteroatoms. The van der Waals surface area contributed by atoms with Gasteiger partial charge in [0.15, 0.2) is 0 Å². The molecule has 0 radical (unpaired) electrons. The first-order chi connectivity index (χ1) is 6.63. The highest BCUT2D eigenvalue weighted by Crippen LogP contribution is 2.06. The number of aryl methyl sites for hydroxylation is 1. The maximum Gasteiger partial charge on any atom is 0.254 e. The zero-order valence-corrected chi connectivity index (χ0v) is 9.93. The highest BCUT2D eigenvalue weighted by Gasteiger charge is 2.09. The van der Waals surface area contributed by atoms with Crippen molar-refractivity contribution in [3.05, 3.63) is 23.7 Å². The number of hydrogen-bond acceptors (Lipinski definition) is 2. The van der Waals surface area contributed by atoms with Crippen LogP contribution < -0.4 is 5.32 Å². The van der Waals surface area contributed by atoms with Gasteiger partial charge in [0.05, 0.1) is 5.56 Å². The summed E-state index contributed by atoms with van der Waals surface area (Å²) in [6.45, 7) is 4.56. The van der Waals surface area contributed by atoms with E-state index in [1.165, 1.54) is 6.26 Å². The lowest BCUT2D eigenvalue weighted by Crippen LogP contribution is -2.28. The van der Waals surface area contributed by atoms with Crippen LogP contribution in [0.5, 0.6) is 0 Å². The van der Waals surface area contributed by atoms with Crippen LogP contribution >= 0.6 is 15.9 Å². The van der Waals surface area contributed by atoms with Gasteiger partial charge in [-0.1, -0.05) is 22.9 Å². The Labute approximate surface area is 92.0 Å². The Kier molecular flexibility index (Phi) is 4.20. The molecule has 0 fully saturated rings. The minimum atomic E-state index is -0.0744. The van der Waals surface area contributed by atoms with Crippen LogP contribution in [0.15, 0.2) is 16.7 Å². The number of furan rings is 1. The molecule has 0 aliphatic heterocycles. The third kappa shape index (κ3) is 3.18. The van der Waals surface area contributed by atoms with Crippen LogP contribution in [0, 0.1) is 12.8 Å². The van der Waals surface area contributed by atoms with Crippen LogP contribution in [0.1, 0.15) is 23.0 Å². The molecule has 0 aliphatic rings. The largest absolute Gasteiger partial charge is 0.469 e. The van der Waals surface area contributed by atoms with Crippen LogP contribution in [0.25, 0.3) is 0 Å². The molecular weight excluding hydrogens is 246 g/mol. The summed E-state index contributed by atoms with van der Waals surface area (Å²) in [5.74, 6) is 1.12. The second-order valence-corrected chi connectivity index (χ2v) is 4.06. The average Bonchev–Trinajstić information content (AvgIpc) is 2.60. The Morgan fingerprint density at radius 1 is 1.71 bits per heavy atom. The Bertz CT molecular complexity index is 309. The van der Waals surface area contributed by atoms with Gasteiger partial charge in [-0.15, -0.1) is 0 Å². The van der Waals surface area contributed by atoms with Crippen molar-refractivity contribution in [3.63, 3.8) is 0 Å². The Morgan fingerprint density at radius 2 is 2.43 bits per heavy atom. The molecule has 14 heavy (non-hydrogen) atoms. The summed E-state index contributed by atoms with van der Waals surface area (Å²) in [5.41, 5.74) is 0.587. The van der Waals surface area contributed by atoms with Crippen LogP contribution in [-0.4, -0.2) is 17.8 Å². The monoisotopic (exact) mass is 259 g/mol. The molecule has 0 bridgehead atoms. The molecule has 1 aromatic heterocycles. The number of amides is 1. The van der Waals surface area contributed by atoms with E-state index in [0.717, 1.165) is 11.1 Å². The van der Waals surface area contributed by atoms with Gasteiger partial charge in [-0.3, -0.25) is 4.79 Å². The van der Waals surface area contributed by atoms with E-state index >= 15 is 0 Å². The number of carbonyl (C=O) groups is 1. The number of rotatable bonds is 4. The fourth-order valence-corrected chi connectivity index (χ4v) is 1.21. The summed E-state index contributed by atoms with van der Waals surface area (Å²) < 4.78 is 5.05. The van der Waals surface area contributed by atoms with E-state index in [1.54, 1.807) is 6.07 Å². The van der Waals surface area contributed by atoms with Crippen molar-refractivity contribution in [1.29, 1.82) is 0 Å². The zero-order chi connectivity index (χ0) is 10.6. The smallest absolute Gasteiger partial charge is 0.254 e. The Hall–Kier alpha value is -0.770. The minimum Gasteiger partial charge on any atom is -0.469 e. The topological polar surface area (TPSA) is 42.2 Å². The van der Waals surface area contributed by atoms with Gasteiger partial charge >= 0.3 is 0 Å². The van der Waals surface area contributed by atoms with Crippen molar-refractivity contribution in [3.8, 4) is 0 Å². The van der Waals surface area contributed by atoms with Crippen LogP contribution in [0.2, 0.25) is 0 Å². The number of halogens is 1. The molecule has 1 amide bonds. The van der Waals surface area contributed by atoms with Crippen molar-refractivity contribution < 1.29 is 9.21 Å². The van der Waals surface area contributed by atoms with Gasteiger partial charge in [-0.25, -0.2) is 0 Å². The van der Waals surface area contributed by atoms with E-state index in [4.69, 9.17) is 4.42 Å². The summed E-state index contributed by atoms with van der Waals surface area (Å²) >= 11 is 3.36. The number of carbonyl (C=O) groups excluding carboxylic acids is 1. The summed E-state index contributed by atoms with van der Waals surface area (Å²) in [5, 5.41) is 3.72. The van der Waals surface area contributed by atoms with Gasteiger partial charge in [0.25, 0.3) is 5.91 Å². The molecular formula is C10H14BrNO2. The molecule has 1 unspecified atom stereocenters. The van der Waals surface area contributed by atoms with E-state index in [-0.39, 0.29) is 5.91 Å². The van der Waals surface area contributed by atoms with Gasteiger partial charge in [0.1, 0.15) is 12.0 Å². The van der Waals surface area contributed by atoms with Crippen molar-refractivity contribution in [2.45, 2.75) is 13.8 Å². The molecule has 0 aliphatic carbocycles. The van der Waals surface area contributed by atoms with E-state index in [9.17, 15) is 4.79 Å². The fraction of sp³-hybridized carbons (Fsp3) is 0.500. The first kappa shape index (κ1) is 11.3. The second-order valence-electron chi connectivity index (χ2n) is 3.42. The molecule has 0 saturated carbocycles. The van der Waals surface area contributed by atoms with Gasteiger partial charge in [-0.05, 0) is 18.9 Å². The van der Waals surface area contributed by atoms with Gasteiger partial charge in [0.2, 0.25) is 0 Å². The van der Waals surface area contributed by atoms with Gasteiger partial charge < -0.3 is 9.73 Å². The normalized spacial score (nSPS) is 12.5. The highest BCUT2D eigenvalue weighted by molar-refractivity contribution is 9.09. The van der Waals surface area contributed by atoms with Gasteiger partial charge in [0, 0.05) is 11.9 Å². The number of hydrogen-bond donors (Lipinski definition) is 1. The number of alkyl halides is 1. The first-order valence-electron chi connectivity index (χ1n) is 4.52. The second kappa shape index (κ2) is 5.20. The molecule has 1 rings (SSSR count). The molecule has 78 valence electrons. The molecule has 1 atom stereocenters. The number of nitrogens with one attached hydrogen (secondary N) is 1. The average molecular weight is 260 g/mol. The lowest BCUT2D eigenvalue weighted by molar-refractivity contribution is 0.0948. The predicted molar refractivity (Wildman–Crippen MR) is 58.7 cm³/mol. The highest BCUT2D eigenvalue weighted by atomic mass is 79.9. The maximum atomic E-state index is 11.5. The third-order valence-electron chi connectivity index (χ3n) is 1.87. The third-order valence-corrected chi connectivity index (χ3v) is 2.97. The standard InChI is InChI=1S/C10H14BrNO2/c1-7(4-11)5-12-10(13)9-3-8(2)14-6-9/h3,6-7H,4-5H2,1-2H3,(H,12,13). The van der Waals surface area contributed by atoms with Crippen LogP contribution in [-0.2, 0) is 0 Å². The molecule has 1 N–H and O–H groups in total. The predicted octanol–water partition coefficient (Wildman–Crippen LogP) is 2.35. The molecule has 1 heterocycles. The quantitative estimate of drug-likeness (QED) is 0.844. The summed E-state index contributed by atoms with van der Waals surface area (Å²) in [6.07, 6.45) is 1.48. The van der Waals surface area contributed by atoms with E-state index < -0.39 is 0 Å². The van der Waals surface area contributed by atoms with Crippen molar-refractivity contribution in [2.75, 3.05) is 11.9 Å². The van der Waals surface area contributed by atoms with Crippen molar-refractivity contribution in [2.24, 2.45) is 5.92 Å². The first-order valence-corrected chi connectivity index (χ1v) is 5.65. The maximum absolute atomic E-state index is 11.5. The fourth-order valence-electron chi connectivity index (χ4n) is 0.986. The Morgan fingerprint density at radius 3 is 2.93 bits per heavy atom. The van der Waals surface area contributed by atoms with E-state index in [1.807, 2.05) is 6.92 Å². The van der Waals surface area contributed by atoms with E-state index in [0.29, 0.717) is 18.0 Å². The Balaban J connectivity index is 2.43. The van der Waals surface area contributed by atoms with Crippen molar-refractivity contribution >= 4 is 21.8 Å². The molecule has 0 spiro atoms. The van der Waals surface area contributed by atoms with Crippen LogP contribution in [0.4, 0.5) is 0 Å². The molecule has 0 saturated heterocycles. The summed E-state index contributed by atoms with van der Waals surface area (Å²) in [4.78, 5) is 11.5. The van der Waals surface area contributed by atoms with Crippen molar-refractivity contribution in [1.82, 2.24) is 5.32 Å². The summed E-state index contributed by atoms with van der Waals surface area (Å²) in [6, 6.07) is 1.73. The molecule has 0 aromatic carbocycles. The minimum absolute atomic E-state index is 0.0744. The zero-order valence-electron chi connectivity index (χ0n) is 8.34. The lowest BCUT2D eigenvalue weighted by Gasteiger charge is -2.07. The SMILES string of the molecule is Cc1cc(C(=O)NCC(C)CBr)co1. The molecule has 3 nitrogen and oxygen atoms in total.